The van der Waals surface area contributed by atoms with Crippen molar-refractivity contribution >= 4 is 22.9 Å². The van der Waals surface area contributed by atoms with Gasteiger partial charge in [-0.25, -0.2) is 0 Å². The molecule has 0 atom stereocenters. The molecule has 0 saturated heterocycles. The number of anilines is 1. The average Bonchev–Trinajstić information content (AvgIpc) is 2.92. The number of benzene rings is 1. The Kier molecular flexibility index (Phi) is 4.13. The molecule has 2 N–H and O–H groups in total. The van der Waals surface area contributed by atoms with E-state index in [4.69, 9.17) is 5.11 Å². The van der Waals surface area contributed by atoms with Gasteiger partial charge < -0.3 is 10.4 Å². The Morgan fingerprint density at radius 2 is 2.06 bits per heavy atom. The molecule has 3 nitrogen and oxygen atoms in total. The van der Waals surface area contributed by atoms with Gasteiger partial charge in [-0.3, -0.25) is 4.79 Å². The van der Waals surface area contributed by atoms with Crippen molar-refractivity contribution in [3.05, 3.63) is 52.2 Å². The van der Waals surface area contributed by atoms with Crippen LogP contribution in [0.4, 0.5) is 5.69 Å². The van der Waals surface area contributed by atoms with E-state index in [0.717, 1.165) is 11.3 Å². The van der Waals surface area contributed by atoms with Gasteiger partial charge in [-0.2, -0.15) is 0 Å². The highest BCUT2D eigenvalue weighted by Gasteiger charge is 2.05. The molecular weight excluding hydrogens is 246 g/mol. The zero-order chi connectivity index (χ0) is 12.8. The molecule has 2 aromatic rings. The van der Waals surface area contributed by atoms with Crippen LogP contribution in [0, 0.1) is 11.8 Å². The lowest BCUT2D eigenvalue weighted by Gasteiger charge is -2.03. The molecule has 90 valence electrons. The first kappa shape index (κ1) is 12.4. The molecule has 1 aromatic heterocycles. The maximum Gasteiger partial charge on any atom is 0.265 e. The molecule has 0 spiro atoms. The summed E-state index contributed by atoms with van der Waals surface area (Å²) in [4.78, 5) is 12.5. The highest BCUT2D eigenvalue weighted by Crippen LogP contribution is 2.13. The predicted octanol–water partition coefficient (Wildman–Crippen LogP) is 2.34. The molecule has 0 unspecified atom stereocenters. The second kappa shape index (κ2) is 6.01. The zero-order valence-electron chi connectivity index (χ0n) is 9.51. The summed E-state index contributed by atoms with van der Waals surface area (Å²) in [5.41, 5.74) is 1.53. The van der Waals surface area contributed by atoms with Gasteiger partial charge in [0.15, 0.2) is 0 Å². The average molecular weight is 257 g/mol. The number of hydrogen-bond acceptors (Lipinski definition) is 3. The summed E-state index contributed by atoms with van der Waals surface area (Å²) >= 11 is 1.40. The first-order valence-corrected chi connectivity index (χ1v) is 6.22. The normalized spacial score (nSPS) is 9.39. The van der Waals surface area contributed by atoms with Crippen molar-refractivity contribution in [3.8, 4) is 11.8 Å². The van der Waals surface area contributed by atoms with E-state index in [-0.39, 0.29) is 12.5 Å². The van der Waals surface area contributed by atoms with Gasteiger partial charge >= 0.3 is 0 Å². The summed E-state index contributed by atoms with van der Waals surface area (Å²) in [5, 5.41) is 13.2. The summed E-state index contributed by atoms with van der Waals surface area (Å²) in [6.45, 7) is -0.156. The topological polar surface area (TPSA) is 49.3 Å². The second-order valence-electron chi connectivity index (χ2n) is 3.47. The molecule has 4 heteroatoms. The van der Waals surface area contributed by atoms with Crippen molar-refractivity contribution in [1.82, 2.24) is 0 Å². The number of thiophene rings is 1. The van der Waals surface area contributed by atoms with Crippen LogP contribution in [0.15, 0.2) is 41.8 Å². The predicted molar refractivity (Wildman–Crippen MR) is 72.7 cm³/mol. The van der Waals surface area contributed by atoms with Crippen molar-refractivity contribution in [1.29, 1.82) is 0 Å². The van der Waals surface area contributed by atoms with E-state index in [1.54, 1.807) is 30.3 Å². The van der Waals surface area contributed by atoms with Crippen molar-refractivity contribution in [2.45, 2.75) is 0 Å². The Hall–Kier alpha value is -2.09. The maximum absolute atomic E-state index is 11.8. The lowest BCUT2D eigenvalue weighted by atomic mass is 10.2. The van der Waals surface area contributed by atoms with E-state index in [2.05, 4.69) is 17.2 Å². The van der Waals surface area contributed by atoms with Gasteiger partial charge in [-0.05, 0) is 35.7 Å². The monoisotopic (exact) mass is 257 g/mol. The van der Waals surface area contributed by atoms with Crippen LogP contribution >= 0.6 is 11.3 Å². The van der Waals surface area contributed by atoms with Crippen LogP contribution in [0.3, 0.4) is 0 Å². The van der Waals surface area contributed by atoms with Crippen LogP contribution in [0.25, 0.3) is 0 Å². The molecule has 1 aromatic carbocycles. The van der Waals surface area contributed by atoms with Crippen LogP contribution in [-0.4, -0.2) is 17.6 Å². The molecule has 0 aliphatic rings. The van der Waals surface area contributed by atoms with E-state index in [9.17, 15) is 4.79 Å². The van der Waals surface area contributed by atoms with Crippen LogP contribution in [0.2, 0.25) is 0 Å². The zero-order valence-corrected chi connectivity index (χ0v) is 10.3. The molecule has 0 aliphatic heterocycles. The van der Waals surface area contributed by atoms with Crippen LogP contribution in [-0.2, 0) is 0 Å². The smallest absolute Gasteiger partial charge is 0.265 e. The number of nitrogens with one attached hydrogen (secondary N) is 1. The standard InChI is InChI=1S/C14H11NO2S/c16-9-1-3-11-5-7-12(8-6-11)15-14(17)13-4-2-10-18-13/h2,4-8,10,16H,9H2,(H,15,17). The van der Waals surface area contributed by atoms with E-state index in [0.29, 0.717) is 4.88 Å². The third kappa shape index (κ3) is 3.20. The lowest BCUT2D eigenvalue weighted by Crippen LogP contribution is -2.09. The van der Waals surface area contributed by atoms with Gasteiger partial charge in [0.1, 0.15) is 6.61 Å². The number of aliphatic hydroxyl groups is 1. The number of carbonyl (C=O) groups excluding carboxylic acids is 1. The summed E-state index contributed by atoms with van der Waals surface area (Å²) in [7, 11) is 0. The molecule has 0 saturated carbocycles. The van der Waals surface area contributed by atoms with E-state index in [1.165, 1.54) is 11.3 Å². The molecular formula is C14H11NO2S. The Labute approximate surface area is 109 Å². The highest BCUT2D eigenvalue weighted by atomic mass is 32.1. The van der Waals surface area contributed by atoms with Crippen molar-refractivity contribution in [2.24, 2.45) is 0 Å². The Morgan fingerprint density at radius 1 is 1.28 bits per heavy atom. The molecule has 1 amide bonds. The second-order valence-corrected chi connectivity index (χ2v) is 4.42. The number of hydrogen-bond donors (Lipinski definition) is 2. The number of aliphatic hydroxyl groups excluding tert-OH is 1. The fourth-order valence-electron chi connectivity index (χ4n) is 1.38. The lowest BCUT2D eigenvalue weighted by molar-refractivity contribution is 0.103. The summed E-state index contributed by atoms with van der Waals surface area (Å²) in [6, 6.07) is 10.8. The van der Waals surface area contributed by atoms with Crippen molar-refractivity contribution < 1.29 is 9.90 Å². The molecule has 2 rings (SSSR count). The van der Waals surface area contributed by atoms with Crippen LogP contribution < -0.4 is 5.32 Å². The summed E-state index contributed by atoms with van der Waals surface area (Å²) in [5.74, 6) is 5.25. The van der Waals surface area contributed by atoms with Crippen LogP contribution in [0.1, 0.15) is 15.2 Å². The molecule has 0 aliphatic carbocycles. The number of amides is 1. The van der Waals surface area contributed by atoms with E-state index < -0.39 is 0 Å². The van der Waals surface area contributed by atoms with Gasteiger partial charge in [-0.15, -0.1) is 11.3 Å². The first-order chi connectivity index (χ1) is 8.79. The minimum absolute atomic E-state index is 0.112. The largest absolute Gasteiger partial charge is 0.384 e. The maximum atomic E-state index is 11.8. The Bertz CT molecular complexity index is 577. The first-order valence-electron chi connectivity index (χ1n) is 5.34. The highest BCUT2D eigenvalue weighted by molar-refractivity contribution is 7.12. The minimum atomic E-state index is -0.156. The van der Waals surface area contributed by atoms with Gasteiger partial charge in [0.05, 0.1) is 4.88 Å². The van der Waals surface area contributed by atoms with E-state index in [1.807, 2.05) is 11.4 Å². The minimum Gasteiger partial charge on any atom is -0.384 e. The molecule has 0 fully saturated rings. The van der Waals surface area contributed by atoms with Gasteiger partial charge in [-0.1, -0.05) is 17.9 Å². The van der Waals surface area contributed by atoms with Gasteiger partial charge in [0.2, 0.25) is 0 Å². The van der Waals surface area contributed by atoms with E-state index >= 15 is 0 Å². The third-order valence-corrected chi connectivity index (χ3v) is 3.07. The Balaban J connectivity index is 2.04. The molecule has 0 bridgehead atoms. The van der Waals surface area contributed by atoms with Crippen molar-refractivity contribution in [2.75, 3.05) is 11.9 Å². The number of carbonyl (C=O) groups is 1. The van der Waals surface area contributed by atoms with Crippen LogP contribution in [0.5, 0.6) is 0 Å². The van der Waals surface area contributed by atoms with Crippen molar-refractivity contribution in [3.63, 3.8) is 0 Å². The molecule has 0 radical (unpaired) electrons. The summed E-state index contributed by atoms with van der Waals surface area (Å²) in [6.07, 6.45) is 0. The fourth-order valence-corrected chi connectivity index (χ4v) is 2.00. The molecule has 1 heterocycles. The SMILES string of the molecule is O=C(Nc1ccc(C#CCO)cc1)c1cccs1. The fraction of sp³-hybridized carbons (Fsp3) is 0.0714. The summed E-state index contributed by atoms with van der Waals surface area (Å²) < 4.78 is 0. The quantitative estimate of drug-likeness (QED) is 0.811. The number of rotatable bonds is 2. The molecule has 18 heavy (non-hydrogen) atoms. The third-order valence-electron chi connectivity index (χ3n) is 2.20. The Morgan fingerprint density at radius 3 is 2.67 bits per heavy atom. The van der Waals surface area contributed by atoms with Gasteiger partial charge in [0, 0.05) is 11.3 Å². The van der Waals surface area contributed by atoms with Gasteiger partial charge in [0.25, 0.3) is 5.91 Å².